The van der Waals surface area contributed by atoms with E-state index in [1.807, 2.05) is 39.8 Å². The van der Waals surface area contributed by atoms with Crippen LogP contribution in [0.5, 0.6) is 0 Å². The van der Waals surface area contributed by atoms with Crippen LogP contribution in [0.1, 0.15) is 40.3 Å². The summed E-state index contributed by atoms with van der Waals surface area (Å²) in [6.45, 7) is 9.61. The first-order valence-corrected chi connectivity index (χ1v) is 9.15. The van der Waals surface area contributed by atoms with Crippen LogP contribution in [-0.4, -0.2) is 44.4 Å². The van der Waals surface area contributed by atoms with Gasteiger partial charge < -0.3 is 9.31 Å². The lowest BCUT2D eigenvalue weighted by atomic mass is 9.78. The number of carbonyl (C=O) groups is 1. The van der Waals surface area contributed by atoms with Gasteiger partial charge in [0.15, 0.2) is 5.12 Å². The van der Waals surface area contributed by atoms with Crippen molar-refractivity contribution in [2.45, 2.75) is 45.8 Å². The van der Waals surface area contributed by atoms with Crippen LogP contribution in [0.25, 0.3) is 17.0 Å². The predicted octanol–water partition coefficient (Wildman–Crippen LogP) is 3.25. The Labute approximate surface area is 151 Å². The molecule has 0 spiro atoms. The Kier molecular flexibility index (Phi) is 4.79. The molecule has 0 aliphatic carbocycles. The molecular formula is C17H22BN3O3S. The normalized spacial score (nSPS) is 19.6. The van der Waals surface area contributed by atoms with Gasteiger partial charge in [0.1, 0.15) is 0 Å². The summed E-state index contributed by atoms with van der Waals surface area (Å²) in [5.74, 6) is 0.497. The second-order valence-corrected chi connectivity index (χ2v) is 8.31. The molecule has 1 N–H and O–H groups in total. The van der Waals surface area contributed by atoms with Crippen molar-refractivity contribution in [3.63, 3.8) is 0 Å². The highest BCUT2D eigenvalue weighted by molar-refractivity contribution is 8.13. The van der Waals surface area contributed by atoms with E-state index in [2.05, 4.69) is 15.2 Å². The van der Waals surface area contributed by atoms with Crippen molar-refractivity contribution in [1.29, 1.82) is 0 Å². The number of aromatic amines is 1. The van der Waals surface area contributed by atoms with E-state index in [1.165, 1.54) is 11.8 Å². The fourth-order valence-electron chi connectivity index (χ4n) is 2.49. The number of fused-ring (bicyclic) bond motifs is 1. The van der Waals surface area contributed by atoms with Crippen molar-refractivity contribution in [2.75, 3.05) is 5.75 Å². The van der Waals surface area contributed by atoms with Crippen molar-refractivity contribution in [3.05, 3.63) is 29.6 Å². The minimum absolute atomic E-state index is 0.0562. The Morgan fingerprint density at radius 3 is 2.60 bits per heavy atom. The van der Waals surface area contributed by atoms with Crippen LogP contribution >= 0.6 is 11.8 Å². The van der Waals surface area contributed by atoms with Crippen molar-refractivity contribution in [1.82, 2.24) is 15.2 Å². The zero-order valence-corrected chi connectivity index (χ0v) is 15.9. The number of hydrogen-bond donors (Lipinski definition) is 1. The zero-order chi connectivity index (χ0) is 18.2. The van der Waals surface area contributed by atoms with Crippen LogP contribution in [0.3, 0.4) is 0 Å². The summed E-state index contributed by atoms with van der Waals surface area (Å²) in [6, 6.07) is 1.95. The lowest BCUT2D eigenvalue weighted by Gasteiger charge is -2.32. The number of aromatic nitrogens is 3. The SMILES string of the molecule is CC(=O)SCC(=Cc1cc2cn[nH]c2cn1)B1OC(C)(C)C(C)(C)O1. The fourth-order valence-corrected chi connectivity index (χ4v) is 3.07. The average molecular weight is 359 g/mol. The standard InChI is InChI=1S/C17H22BN3O3S/c1-11(22)25-10-13(18-23-16(2,3)17(4,5)24-18)7-14-6-12-8-20-21-15(12)9-19-14/h6-9H,10H2,1-5H3,(H,20,21). The molecule has 0 atom stereocenters. The van der Waals surface area contributed by atoms with Gasteiger partial charge in [-0.25, -0.2) is 0 Å². The summed E-state index contributed by atoms with van der Waals surface area (Å²) in [5, 5.41) is 7.93. The second-order valence-electron chi connectivity index (χ2n) is 7.15. The second kappa shape index (κ2) is 6.59. The summed E-state index contributed by atoms with van der Waals surface area (Å²) in [7, 11) is -0.501. The molecule has 1 fully saturated rings. The highest BCUT2D eigenvalue weighted by atomic mass is 32.2. The Hall–Kier alpha value is -1.64. The van der Waals surface area contributed by atoms with Gasteiger partial charge in [-0.1, -0.05) is 11.8 Å². The summed E-state index contributed by atoms with van der Waals surface area (Å²) < 4.78 is 12.3. The van der Waals surface area contributed by atoms with Gasteiger partial charge in [0, 0.05) is 18.1 Å². The number of H-pyrrole nitrogens is 1. The Bertz CT molecular complexity index is 815. The molecule has 1 aliphatic heterocycles. The topological polar surface area (TPSA) is 77.1 Å². The van der Waals surface area contributed by atoms with Crippen LogP contribution in [0.2, 0.25) is 0 Å². The lowest BCUT2D eigenvalue weighted by molar-refractivity contribution is -0.109. The number of nitrogens with one attached hydrogen (secondary N) is 1. The number of thioether (sulfide) groups is 1. The molecule has 0 radical (unpaired) electrons. The highest BCUT2D eigenvalue weighted by Gasteiger charge is 2.52. The van der Waals surface area contributed by atoms with E-state index >= 15 is 0 Å². The van der Waals surface area contributed by atoms with Crippen molar-refractivity contribution in [2.24, 2.45) is 0 Å². The summed E-state index contributed by atoms with van der Waals surface area (Å²) in [4.78, 5) is 15.9. The summed E-state index contributed by atoms with van der Waals surface area (Å²) >= 11 is 1.24. The Morgan fingerprint density at radius 1 is 1.28 bits per heavy atom. The number of rotatable bonds is 4. The maximum Gasteiger partial charge on any atom is 0.491 e. The first-order chi connectivity index (χ1) is 11.7. The molecule has 0 bridgehead atoms. The van der Waals surface area contributed by atoms with Gasteiger partial charge in [-0.2, -0.15) is 5.10 Å². The van der Waals surface area contributed by atoms with Crippen LogP contribution in [0, 0.1) is 0 Å². The average Bonchev–Trinajstić information content (AvgIpc) is 3.05. The van der Waals surface area contributed by atoms with E-state index in [9.17, 15) is 4.79 Å². The fraction of sp³-hybridized carbons (Fsp3) is 0.471. The van der Waals surface area contributed by atoms with Crippen molar-refractivity contribution in [3.8, 4) is 0 Å². The molecule has 25 heavy (non-hydrogen) atoms. The van der Waals surface area contributed by atoms with E-state index in [0.717, 1.165) is 22.1 Å². The molecule has 0 unspecified atom stereocenters. The third-order valence-electron chi connectivity index (χ3n) is 4.68. The van der Waals surface area contributed by atoms with Crippen LogP contribution < -0.4 is 0 Å². The maximum atomic E-state index is 11.4. The first-order valence-electron chi connectivity index (χ1n) is 8.16. The smallest absolute Gasteiger partial charge is 0.400 e. The molecule has 1 saturated heterocycles. The predicted molar refractivity (Wildman–Crippen MR) is 101 cm³/mol. The zero-order valence-electron chi connectivity index (χ0n) is 15.1. The molecule has 0 amide bonds. The largest absolute Gasteiger partial charge is 0.491 e. The summed E-state index contributed by atoms with van der Waals surface area (Å²) in [6.07, 6.45) is 5.44. The van der Waals surface area contributed by atoms with E-state index < -0.39 is 18.3 Å². The highest BCUT2D eigenvalue weighted by Crippen LogP contribution is 2.39. The molecule has 8 heteroatoms. The van der Waals surface area contributed by atoms with E-state index in [4.69, 9.17) is 9.31 Å². The number of pyridine rings is 1. The third-order valence-corrected chi connectivity index (χ3v) is 5.56. The Morgan fingerprint density at radius 2 is 1.96 bits per heavy atom. The van der Waals surface area contributed by atoms with Gasteiger partial charge in [-0.15, -0.1) is 0 Å². The van der Waals surface area contributed by atoms with Gasteiger partial charge in [0.05, 0.1) is 34.8 Å². The quantitative estimate of drug-likeness (QED) is 0.845. The molecule has 2 aromatic heterocycles. The number of carbonyl (C=O) groups excluding carboxylic acids is 1. The van der Waals surface area contributed by atoms with E-state index in [-0.39, 0.29) is 5.12 Å². The molecule has 2 aromatic rings. The third kappa shape index (κ3) is 3.81. The van der Waals surface area contributed by atoms with Crippen LogP contribution in [0.15, 0.2) is 23.9 Å². The molecule has 6 nitrogen and oxygen atoms in total. The summed E-state index contributed by atoms with van der Waals surface area (Å²) in [5.41, 5.74) is 1.68. The Balaban J connectivity index is 1.92. The van der Waals surface area contributed by atoms with Gasteiger partial charge in [0.2, 0.25) is 0 Å². The minimum Gasteiger partial charge on any atom is -0.400 e. The van der Waals surface area contributed by atoms with Crippen LogP contribution in [-0.2, 0) is 14.1 Å². The number of hydrogen-bond acceptors (Lipinski definition) is 6. The lowest BCUT2D eigenvalue weighted by Crippen LogP contribution is -2.41. The van der Waals surface area contributed by atoms with Gasteiger partial charge in [-0.3, -0.25) is 14.9 Å². The molecule has 3 heterocycles. The monoisotopic (exact) mass is 359 g/mol. The first kappa shape index (κ1) is 18.2. The van der Waals surface area contributed by atoms with Gasteiger partial charge in [-0.05, 0) is 45.3 Å². The molecule has 0 aromatic carbocycles. The number of nitrogens with zero attached hydrogens (tertiary/aromatic N) is 2. The molecular weight excluding hydrogens is 337 g/mol. The minimum atomic E-state index is -0.501. The molecule has 1 aliphatic rings. The van der Waals surface area contributed by atoms with Crippen molar-refractivity contribution < 1.29 is 14.1 Å². The van der Waals surface area contributed by atoms with Gasteiger partial charge in [0.25, 0.3) is 0 Å². The van der Waals surface area contributed by atoms with E-state index in [0.29, 0.717) is 5.75 Å². The van der Waals surface area contributed by atoms with E-state index in [1.54, 1.807) is 19.3 Å². The van der Waals surface area contributed by atoms with Gasteiger partial charge >= 0.3 is 7.12 Å². The van der Waals surface area contributed by atoms with Crippen LogP contribution in [0.4, 0.5) is 0 Å². The molecule has 3 rings (SSSR count). The molecule has 132 valence electrons. The molecule has 0 saturated carbocycles. The van der Waals surface area contributed by atoms with Crippen molar-refractivity contribution >= 4 is 41.0 Å². The maximum absolute atomic E-state index is 11.4.